The van der Waals surface area contributed by atoms with E-state index < -0.39 is 11.9 Å². The third-order valence-electron chi connectivity index (χ3n) is 1.64. The van der Waals surface area contributed by atoms with E-state index >= 15 is 0 Å². The second kappa shape index (κ2) is 5.86. The number of carbonyl (C=O) groups excluding carboxylic acids is 2. The van der Waals surface area contributed by atoms with Crippen molar-refractivity contribution in [3.8, 4) is 0 Å². The van der Waals surface area contributed by atoms with Gasteiger partial charge in [0.05, 0.1) is 17.3 Å². The van der Waals surface area contributed by atoms with Crippen molar-refractivity contribution in [2.75, 3.05) is 11.9 Å². The van der Waals surface area contributed by atoms with Gasteiger partial charge in [-0.15, -0.1) is 0 Å². The summed E-state index contributed by atoms with van der Waals surface area (Å²) in [5.41, 5.74) is 0.364. The molecule has 1 rings (SSSR count). The summed E-state index contributed by atoms with van der Waals surface area (Å²) >= 11 is 9.09. The Morgan fingerprint density at radius 1 is 1.50 bits per heavy atom. The summed E-state index contributed by atoms with van der Waals surface area (Å²) in [7, 11) is 0. The minimum absolute atomic E-state index is 0.153. The molecule has 1 aromatic rings. The Balaban J connectivity index is 2.73. The Kier molecular flexibility index (Phi) is 4.76. The van der Waals surface area contributed by atoms with Gasteiger partial charge in [0, 0.05) is 4.47 Å². The maximum Gasteiger partial charge on any atom is 0.397 e. The third-order valence-corrected chi connectivity index (χ3v) is 2.45. The van der Waals surface area contributed by atoms with Gasteiger partial charge in [-0.05, 0) is 25.1 Å². The third kappa shape index (κ3) is 3.50. The van der Waals surface area contributed by atoms with Crippen LogP contribution in [-0.4, -0.2) is 18.5 Å². The quantitative estimate of drug-likeness (QED) is 0.675. The van der Waals surface area contributed by atoms with Gasteiger partial charge < -0.3 is 10.1 Å². The predicted octanol–water partition coefficient (Wildman–Crippen LogP) is 2.60. The number of benzene rings is 1. The molecule has 1 aromatic carbocycles. The Hall–Kier alpha value is -1.07. The van der Waals surface area contributed by atoms with Crippen molar-refractivity contribution in [1.29, 1.82) is 0 Å². The van der Waals surface area contributed by atoms with Crippen LogP contribution >= 0.6 is 27.5 Å². The lowest BCUT2D eigenvalue weighted by Gasteiger charge is -2.06. The molecule has 0 bridgehead atoms. The molecule has 0 aliphatic carbocycles. The molecule has 0 aromatic heterocycles. The molecule has 0 heterocycles. The number of nitrogens with one attached hydrogen (secondary N) is 1. The number of carbonyl (C=O) groups is 2. The number of hydrogen-bond acceptors (Lipinski definition) is 3. The van der Waals surface area contributed by atoms with E-state index in [1.54, 1.807) is 25.1 Å². The number of anilines is 1. The first-order chi connectivity index (χ1) is 7.54. The number of halogens is 2. The summed E-state index contributed by atoms with van der Waals surface area (Å²) in [5.74, 6) is -1.77. The van der Waals surface area contributed by atoms with Gasteiger partial charge in [-0.25, -0.2) is 4.79 Å². The highest BCUT2D eigenvalue weighted by Gasteiger charge is 2.15. The van der Waals surface area contributed by atoms with Crippen LogP contribution < -0.4 is 5.32 Å². The second-order valence-corrected chi connectivity index (χ2v) is 4.12. The highest BCUT2D eigenvalue weighted by molar-refractivity contribution is 9.10. The first-order valence-electron chi connectivity index (χ1n) is 4.47. The van der Waals surface area contributed by atoms with Gasteiger partial charge in [-0.3, -0.25) is 4.79 Å². The lowest BCUT2D eigenvalue weighted by atomic mass is 10.3. The van der Waals surface area contributed by atoms with Crippen molar-refractivity contribution in [3.05, 3.63) is 27.7 Å². The molecule has 0 unspecified atom stereocenters. The first-order valence-corrected chi connectivity index (χ1v) is 5.65. The molecular formula is C10H9BrClNO3. The van der Waals surface area contributed by atoms with Crippen molar-refractivity contribution < 1.29 is 14.3 Å². The van der Waals surface area contributed by atoms with E-state index in [2.05, 4.69) is 26.0 Å². The van der Waals surface area contributed by atoms with E-state index in [0.29, 0.717) is 10.7 Å². The Bertz CT molecular complexity index is 423. The molecule has 0 spiro atoms. The van der Waals surface area contributed by atoms with Gasteiger partial charge >= 0.3 is 11.9 Å². The van der Waals surface area contributed by atoms with Crippen LogP contribution in [0.1, 0.15) is 6.92 Å². The number of hydrogen-bond donors (Lipinski definition) is 1. The normalized spacial score (nSPS) is 9.69. The minimum Gasteiger partial charge on any atom is -0.459 e. The monoisotopic (exact) mass is 305 g/mol. The molecule has 1 N–H and O–H groups in total. The fourth-order valence-electron chi connectivity index (χ4n) is 0.961. The van der Waals surface area contributed by atoms with Crippen molar-refractivity contribution >= 4 is 45.1 Å². The fourth-order valence-corrected chi connectivity index (χ4v) is 1.68. The molecule has 0 fully saturated rings. The van der Waals surface area contributed by atoms with Crippen LogP contribution in [0.15, 0.2) is 22.7 Å². The Morgan fingerprint density at radius 3 is 2.75 bits per heavy atom. The zero-order valence-corrected chi connectivity index (χ0v) is 10.8. The van der Waals surface area contributed by atoms with Gasteiger partial charge in [0.15, 0.2) is 0 Å². The van der Waals surface area contributed by atoms with Crippen LogP contribution in [0, 0.1) is 0 Å². The molecule has 1 amide bonds. The van der Waals surface area contributed by atoms with E-state index in [4.69, 9.17) is 11.6 Å². The summed E-state index contributed by atoms with van der Waals surface area (Å²) in [6.45, 7) is 1.78. The second-order valence-electron chi connectivity index (χ2n) is 2.80. The zero-order chi connectivity index (χ0) is 12.1. The summed E-state index contributed by atoms with van der Waals surface area (Å²) in [4.78, 5) is 22.3. The summed E-state index contributed by atoms with van der Waals surface area (Å²) in [5, 5.41) is 2.70. The van der Waals surface area contributed by atoms with Crippen LogP contribution in [0.3, 0.4) is 0 Å². The largest absolute Gasteiger partial charge is 0.459 e. The smallest absolute Gasteiger partial charge is 0.397 e. The molecule has 0 atom stereocenters. The molecule has 16 heavy (non-hydrogen) atoms. The summed E-state index contributed by atoms with van der Waals surface area (Å²) < 4.78 is 5.32. The van der Waals surface area contributed by atoms with Crippen molar-refractivity contribution in [2.24, 2.45) is 0 Å². The Labute approximate surface area is 106 Å². The average molecular weight is 307 g/mol. The lowest BCUT2D eigenvalue weighted by Crippen LogP contribution is -2.25. The molecule has 0 saturated carbocycles. The van der Waals surface area contributed by atoms with E-state index in [9.17, 15) is 9.59 Å². The number of rotatable bonds is 2. The fraction of sp³-hybridized carbons (Fsp3) is 0.200. The average Bonchev–Trinajstić information content (AvgIpc) is 2.22. The van der Waals surface area contributed by atoms with E-state index in [0.717, 1.165) is 4.47 Å². The highest BCUT2D eigenvalue weighted by Crippen LogP contribution is 2.25. The Morgan fingerprint density at radius 2 is 2.19 bits per heavy atom. The van der Waals surface area contributed by atoms with Gasteiger partial charge in [-0.1, -0.05) is 27.5 Å². The molecule has 0 aliphatic heterocycles. The van der Waals surface area contributed by atoms with Gasteiger partial charge in [0.2, 0.25) is 0 Å². The lowest BCUT2D eigenvalue weighted by molar-refractivity contribution is -0.152. The molecular weight excluding hydrogens is 297 g/mol. The standard InChI is InChI=1S/C10H9BrClNO3/c1-2-16-10(15)9(14)13-8-4-3-6(11)5-7(8)12/h3-5H,2H2,1H3,(H,13,14). The van der Waals surface area contributed by atoms with E-state index in [1.807, 2.05) is 0 Å². The summed E-state index contributed by atoms with van der Waals surface area (Å²) in [6, 6.07) is 4.90. The number of ether oxygens (including phenoxy) is 1. The van der Waals surface area contributed by atoms with Crippen molar-refractivity contribution in [3.63, 3.8) is 0 Å². The van der Waals surface area contributed by atoms with Crippen molar-refractivity contribution in [1.82, 2.24) is 0 Å². The molecule has 0 saturated heterocycles. The van der Waals surface area contributed by atoms with Crippen LogP contribution in [0.5, 0.6) is 0 Å². The topological polar surface area (TPSA) is 55.4 Å². The molecule has 6 heteroatoms. The van der Waals surface area contributed by atoms with Crippen LogP contribution in [-0.2, 0) is 14.3 Å². The van der Waals surface area contributed by atoms with Crippen molar-refractivity contribution in [2.45, 2.75) is 6.92 Å². The van der Waals surface area contributed by atoms with Crippen LogP contribution in [0.2, 0.25) is 5.02 Å². The van der Waals surface area contributed by atoms with Gasteiger partial charge in [-0.2, -0.15) is 0 Å². The predicted molar refractivity (Wildman–Crippen MR) is 64.4 cm³/mol. The zero-order valence-electron chi connectivity index (χ0n) is 8.42. The van der Waals surface area contributed by atoms with E-state index in [1.165, 1.54) is 0 Å². The minimum atomic E-state index is -0.929. The summed E-state index contributed by atoms with van der Waals surface area (Å²) in [6.07, 6.45) is 0. The van der Waals surface area contributed by atoms with Crippen LogP contribution in [0.4, 0.5) is 5.69 Å². The van der Waals surface area contributed by atoms with Gasteiger partial charge in [0.1, 0.15) is 0 Å². The number of amides is 1. The van der Waals surface area contributed by atoms with Gasteiger partial charge in [0.25, 0.3) is 0 Å². The first kappa shape index (κ1) is 13.0. The molecule has 86 valence electrons. The van der Waals surface area contributed by atoms with E-state index in [-0.39, 0.29) is 6.61 Å². The SMILES string of the molecule is CCOC(=O)C(=O)Nc1ccc(Br)cc1Cl. The molecule has 4 nitrogen and oxygen atoms in total. The highest BCUT2D eigenvalue weighted by atomic mass is 79.9. The maximum atomic E-state index is 11.3. The van der Waals surface area contributed by atoms with Crippen LogP contribution in [0.25, 0.3) is 0 Å². The number of esters is 1. The maximum absolute atomic E-state index is 11.3. The molecule has 0 radical (unpaired) electrons. The molecule has 0 aliphatic rings.